The van der Waals surface area contributed by atoms with E-state index in [0.29, 0.717) is 35.9 Å². The number of carbonyl (C=O) groups is 1. The second-order valence-electron chi connectivity index (χ2n) is 5.39. The second kappa shape index (κ2) is 7.31. The number of aromatic nitrogens is 5. The van der Waals surface area contributed by atoms with Crippen LogP contribution in [-0.4, -0.2) is 37.7 Å². The summed E-state index contributed by atoms with van der Waals surface area (Å²) in [6.45, 7) is 2.03. The van der Waals surface area contributed by atoms with Crippen molar-refractivity contribution in [3.63, 3.8) is 0 Å². The minimum Gasteiger partial charge on any atom is -0.384 e. The summed E-state index contributed by atoms with van der Waals surface area (Å²) in [5, 5.41) is 27.0. The van der Waals surface area contributed by atoms with Crippen molar-refractivity contribution in [3.05, 3.63) is 42.2 Å². The summed E-state index contributed by atoms with van der Waals surface area (Å²) >= 11 is 0. The molecule has 0 aliphatic carbocycles. The fraction of sp³-hybridized carbons (Fsp3) is 0.176. The van der Waals surface area contributed by atoms with Gasteiger partial charge in [0.1, 0.15) is 11.9 Å². The summed E-state index contributed by atoms with van der Waals surface area (Å²) in [7, 11) is 0. The van der Waals surface area contributed by atoms with Gasteiger partial charge >= 0.3 is 0 Å². The quantitative estimate of drug-likeness (QED) is 0.709. The molecule has 0 atom stereocenters. The van der Waals surface area contributed by atoms with Gasteiger partial charge in [0, 0.05) is 24.1 Å². The summed E-state index contributed by atoms with van der Waals surface area (Å²) < 4.78 is 0. The summed E-state index contributed by atoms with van der Waals surface area (Å²) in [4.78, 5) is 15.4. The lowest BCUT2D eigenvalue weighted by atomic mass is 10.1. The second-order valence-corrected chi connectivity index (χ2v) is 5.39. The van der Waals surface area contributed by atoms with Crippen LogP contribution in [0.4, 0.5) is 5.69 Å². The molecule has 25 heavy (non-hydrogen) atoms. The number of hydrogen-bond donors (Lipinski definition) is 2. The highest BCUT2D eigenvalue weighted by atomic mass is 16.1. The Morgan fingerprint density at radius 2 is 2.16 bits per heavy atom. The number of nitrogens with zero attached hydrogens (tertiary/aromatic N) is 5. The molecule has 1 aromatic carbocycles. The zero-order valence-electron chi connectivity index (χ0n) is 13.5. The first kappa shape index (κ1) is 16.3. The van der Waals surface area contributed by atoms with Crippen LogP contribution in [0.1, 0.15) is 18.9 Å². The maximum absolute atomic E-state index is 11.0. The Morgan fingerprint density at radius 3 is 2.88 bits per heavy atom. The molecule has 3 aromatic rings. The van der Waals surface area contributed by atoms with E-state index < -0.39 is 0 Å². The molecule has 0 spiro atoms. The van der Waals surface area contributed by atoms with Gasteiger partial charge in [0.25, 0.3) is 0 Å². The molecular weight excluding hydrogens is 318 g/mol. The number of ketones is 1. The van der Waals surface area contributed by atoms with Gasteiger partial charge in [-0.15, -0.1) is 0 Å². The van der Waals surface area contributed by atoms with Crippen molar-refractivity contribution in [2.75, 3.05) is 11.9 Å². The Balaban J connectivity index is 1.83. The molecule has 3 rings (SSSR count). The minimum absolute atomic E-state index is 0.0995. The summed E-state index contributed by atoms with van der Waals surface area (Å²) in [5.41, 5.74) is 2.66. The Hall–Kier alpha value is -3.60. The Kier molecular flexibility index (Phi) is 4.76. The molecule has 0 bridgehead atoms. The van der Waals surface area contributed by atoms with Crippen molar-refractivity contribution < 1.29 is 4.79 Å². The molecule has 0 amide bonds. The lowest BCUT2D eigenvalue weighted by Gasteiger charge is -2.08. The van der Waals surface area contributed by atoms with Crippen LogP contribution < -0.4 is 5.32 Å². The number of aromatic amines is 1. The van der Waals surface area contributed by atoms with Gasteiger partial charge in [0.15, 0.2) is 11.6 Å². The lowest BCUT2D eigenvalue weighted by molar-refractivity contribution is -0.116. The zero-order valence-corrected chi connectivity index (χ0v) is 13.5. The molecule has 0 aliphatic heterocycles. The first-order valence-electron chi connectivity index (χ1n) is 7.64. The number of anilines is 1. The van der Waals surface area contributed by atoms with Crippen molar-refractivity contribution in [2.45, 2.75) is 13.3 Å². The normalized spacial score (nSPS) is 10.2. The number of hydrogen-bond acceptors (Lipinski definition) is 7. The monoisotopic (exact) mass is 333 g/mol. The average molecular weight is 333 g/mol. The average Bonchev–Trinajstić information content (AvgIpc) is 3.12. The van der Waals surface area contributed by atoms with Crippen LogP contribution in [0.5, 0.6) is 0 Å². The van der Waals surface area contributed by atoms with Gasteiger partial charge in [-0.1, -0.05) is 0 Å². The lowest BCUT2D eigenvalue weighted by Crippen LogP contribution is -2.07. The van der Waals surface area contributed by atoms with E-state index in [4.69, 9.17) is 0 Å². The molecule has 0 saturated carbocycles. The van der Waals surface area contributed by atoms with Crippen LogP contribution in [0, 0.1) is 11.3 Å². The van der Waals surface area contributed by atoms with E-state index in [2.05, 4.69) is 36.8 Å². The van der Waals surface area contributed by atoms with Gasteiger partial charge in [-0.05, 0) is 31.2 Å². The van der Waals surface area contributed by atoms with Crippen LogP contribution in [0.2, 0.25) is 0 Å². The molecule has 8 nitrogen and oxygen atoms in total. The number of nitriles is 1. The molecule has 0 fully saturated rings. The van der Waals surface area contributed by atoms with Crippen LogP contribution in [-0.2, 0) is 4.79 Å². The molecule has 8 heteroatoms. The predicted molar refractivity (Wildman–Crippen MR) is 91.3 cm³/mol. The molecule has 0 radical (unpaired) electrons. The predicted octanol–water partition coefficient (Wildman–Crippen LogP) is 2.19. The number of Topliss-reactive ketones (excluding diaryl/α,β-unsaturated/α-hetero) is 1. The van der Waals surface area contributed by atoms with Gasteiger partial charge in [-0.3, -0.25) is 9.89 Å². The van der Waals surface area contributed by atoms with E-state index >= 15 is 0 Å². The number of rotatable bonds is 6. The first-order valence-corrected chi connectivity index (χ1v) is 7.64. The van der Waals surface area contributed by atoms with Crippen LogP contribution in [0.15, 0.2) is 36.7 Å². The third-order valence-corrected chi connectivity index (χ3v) is 3.53. The molecule has 0 aliphatic rings. The summed E-state index contributed by atoms with van der Waals surface area (Å²) in [6.07, 6.45) is 3.56. The van der Waals surface area contributed by atoms with Crippen molar-refractivity contribution in [1.82, 2.24) is 25.4 Å². The van der Waals surface area contributed by atoms with Crippen molar-refractivity contribution in [2.24, 2.45) is 0 Å². The summed E-state index contributed by atoms with van der Waals surface area (Å²) in [6, 6.07) is 9.28. The molecule has 0 unspecified atom stereocenters. The highest BCUT2D eigenvalue weighted by molar-refractivity contribution is 5.76. The van der Waals surface area contributed by atoms with E-state index in [1.54, 1.807) is 30.6 Å². The van der Waals surface area contributed by atoms with Crippen LogP contribution in [0.25, 0.3) is 22.8 Å². The highest BCUT2D eigenvalue weighted by Crippen LogP contribution is 2.24. The first-order chi connectivity index (χ1) is 12.2. The van der Waals surface area contributed by atoms with Crippen LogP contribution >= 0.6 is 0 Å². The molecule has 124 valence electrons. The fourth-order valence-electron chi connectivity index (χ4n) is 2.25. The molecule has 2 heterocycles. The van der Waals surface area contributed by atoms with E-state index in [-0.39, 0.29) is 5.78 Å². The van der Waals surface area contributed by atoms with Crippen molar-refractivity contribution in [1.29, 1.82) is 5.26 Å². The number of benzene rings is 1. The van der Waals surface area contributed by atoms with Gasteiger partial charge in [0.05, 0.1) is 23.6 Å². The van der Waals surface area contributed by atoms with Crippen LogP contribution in [0.3, 0.4) is 0 Å². The van der Waals surface area contributed by atoms with Crippen molar-refractivity contribution in [3.8, 4) is 28.8 Å². The smallest absolute Gasteiger partial charge is 0.183 e. The zero-order chi connectivity index (χ0) is 17.6. The highest BCUT2D eigenvalue weighted by Gasteiger charge is 2.10. The number of H-pyrrole nitrogens is 1. The van der Waals surface area contributed by atoms with E-state index in [1.807, 2.05) is 6.07 Å². The van der Waals surface area contributed by atoms with Gasteiger partial charge in [0.2, 0.25) is 0 Å². The molecule has 2 aromatic heterocycles. The minimum atomic E-state index is 0.0995. The number of nitrogens with one attached hydrogen (secondary N) is 2. The number of carbonyl (C=O) groups excluding carboxylic acids is 1. The van der Waals surface area contributed by atoms with E-state index in [1.165, 1.54) is 6.92 Å². The van der Waals surface area contributed by atoms with Gasteiger partial charge in [-0.25, -0.2) is 4.98 Å². The Bertz CT molecular complexity index is 928. The molecular formula is C17H15N7O. The van der Waals surface area contributed by atoms with E-state index in [9.17, 15) is 10.1 Å². The van der Waals surface area contributed by atoms with Gasteiger partial charge < -0.3 is 5.32 Å². The Labute approximate surface area is 143 Å². The maximum Gasteiger partial charge on any atom is 0.183 e. The van der Waals surface area contributed by atoms with Gasteiger partial charge in [-0.2, -0.15) is 20.6 Å². The SMILES string of the molecule is CC(=O)CCNc1ccc(-c2nc(-c3ccnnc3)n[nH]2)cc1C#N. The largest absolute Gasteiger partial charge is 0.384 e. The van der Waals surface area contributed by atoms with Crippen molar-refractivity contribution >= 4 is 11.5 Å². The van der Waals surface area contributed by atoms with E-state index in [0.717, 1.165) is 11.1 Å². The maximum atomic E-state index is 11.0. The summed E-state index contributed by atoms with van der Waals surface area (Å²) in [5.74, 6) is 1.16. The Morgan fingerprint density at radius 1 is 1.28 bits per heavy atom. The fourth-order valence-corrected chi connectivity index (χ4v) is 2.25. The third kappa shape index (κ3) is 3.84. The molecule has 2 N–H and O–H groups in total. The molecule has 0 saturated heterocycles. The standard InChI is InChI=1S/C17H15N7O/c1-11(25)4-6-19-15-3-2-12(8-14(15)9-18)16-22-17(24-23-16)13-5-7-20-21-10-13/h2-3,5,7-8,10,19H,4,6H2,1H3,(H,22,23,24). The topological polar surface area (TPSA) is 120 Å². The third-order valence-electron chi connectivity index (χ3n) is 3.53.